The highest BCUT2D eigenvalue weighted by atomic mass is 79.9. The molecule has 0 aliphatic rings. The highest BCUT2D eigenvalue weighted by Gasteiger charge is 2.17. The van der Waals surface area contributed by atoms with Crippen molar-refractivity contribution in [1.29, 1.82) is 0 Å². The number of benzene rings is 1. The van der Waals surface area contributed by atoms with E-state index in [9.17, 15) is 4.79 Å². The zero-order chi connectivity index (χ0) is 12.3. The van der Waals surface area contributed by atoms with E-state index in [1.165, 1.54) is 0 Å². The average Bonchev–Trinajstić information content (AvgIpc) is 2.26. The highest BCUT2D eigenvalue weighted by Crippen LogP contribution is 2.17. The van der Waals surface area contributed by atoms with Crippen LogP contribution in [0.15, 0.2) is 22.7 Å². The first-order valence-corrected chi connectivity index (χ1v) is 6.00. The first kappa shape index (κ1) is 16.4. The van der Waals surface area contributed by atoms with E-state index in [2.05, 4.69) is 15.9 Å². The summed E-state index contributed by atoms with van der Waals surface area (Å²) in [7, 11) is 1.78. The second-order valence-corrected chi connectivity index (χ2v) is 4.88. The van der Waals surface area contributed by atoms with Gasteiger partial charge in [-0.25, -0.2) is 0 Å². The van der Waals surface area contributed by atoms with Gasteiger partial charge in [0.15, 0.2) is 0 Å². The predicted molar refractivity (Wildman–Crippen MR) is 76.7 cm³/mol. The Morgan fingerprint density at radius 3 is 2.59 bits per heavy atom. The zero-order valence-corrected chi connectivity index (χ0v) is 12.6. The molecule has 17 heavy (non-hydrogen) atoms. The first-order chi connectivity index (χ1) is 7.47. The van der Waals surface area contributed by atoms with Gasteiger partial charge in [0.1, 0.15) is 0 Å². The summed E-state index contributed by atoms with van der Waals surface area (Å²) in [6, 6.07) is 5.70. The molecule has 0 fully saturated rings. The Balaban J connectivity index is 0.00000256. The molecule has 0 heterocycles. The summed E-state index contributed by atoms with van der Waals surface area (Å²) in [6.07, 6.45) is 0. The van der Waals surface area contributed by atoms with Crippen molar-refractivity contribution >= 4 is 34.2 Å². The maximum Gasteiger partial charge on any atom is 0.254 e. The SMILES string of the molecule is Cc1cc(Br)ccc1C(=O)N(C)C(C)CN.Cl. The molecule has 1 aromatic carbocycles. The lowest BCUT2D eigenvalue weighted by atomic mass is 10.1. The van der Waals surface area contributed by atoms with Crippen molar-refractivity contribution in [2.45, 2.75) is 19.9 Å². The average molecular weight is 322 g/mol. The number of hydrogen-bond donors (Lipinski definition) is 1. The Morgan fingerprint density at radius 2 is 2.12 bits per heavy atom. The van der Waals surface area contributed by atoms with E-state index >= 15 is 0 Å². The van der Waals surface area contributed by atoms with Crippen LogP contribution < -0.4 is 5.73 Å². The minimum atomic E-state index is 0. The Morgan fingerprint density at radius 1 is 1.53 bits per heavy atom. The molecule has 0 spiro atoms. The first-order valence-electron chi connectivity index (χ1n) is 5.20. The van der Waals surface area contributed by atoms with Crippen molar-refractivity contribution in [2.75, 3.05) is 13.6 Å². The second kappa shape index (κ2) is 6.99. The normalized spacial score (nSPS) is 11.6. The van der Waals surface area contributed by atoms with E-state index in [-0.39, 0.29) is 24.4 Å². The lowest BCUT2D eigenvalue weighted by molar-refractivity contribution is 0.0747. The minimum absolute atomic E-state index is 0. The Bertz CT molecular complexity index is 398. The molecule has 1 aromatic rings. The van der Waals surface area contributed by atoms with Gasteiger partial charge in [-0.05, 0) is 37.6 Å². The van der Waals surface area contributed by atoms with E-state index in [0.717, 1.165) is 15.6 Å². The summed E-state index contributed by atoms with van der Waals surface area (Å²) in [6.45, 7) is 4.34. The van der Waals surface area contributed by atoms with Crippen molar-refractivity contribution in [3.8, 4) is 0 Å². The number of halogens is 2. The van der Waals surface area contributed by atoms with Gasteiger partial charge in [0.2, 0.25) is 0 Å². The molecule has 96 valence electrons. The number of likely N-dealkylation sites (N-methyl/N-ethyl adjacent to an activating group) is 1. The van der Waals surface area contributed by atoms with Crippen LogP contribution >= 0.6 is 28.3 Å². The zero-order valence-electron chi connectivity index (χ0n) is 10.2. The quantitative estimate of drug-likeness (QED) is 0.930. The Labute approximate surface area is 117 Å². The summed E-state index contributed by atoms with van der Waals surface area (Å²) < 4.78 is 0.982. The van der Waals surface area contributed by atoms with Gasteiger partial charge >= 0.3 is 0 Å². The lowest BCUT2D eigenvalue weighted by Gasteiger charge is -2.24. The minimum Gasteiger partial charge on any atom is -0.338 e. The van der Waals surface area contributed by atoms with Crippen molar-refractivity contribution in [2.24, 2.45) is 5.73 Å². The predicted octanol–water partition coefficient (Wildman–Crippen LogP) is 2.60. The topological polar surface area (TPSA) is 46.3 Å². The highest BCUT2D eigenvalue weighted by molar-refractivity contribution is 9.10. The summed E-state index contributed by atoms with van der Waals surface area (Å²) in [5.41, 5.74) is 7.25. The van der Waals surface area contributed by atoms with Gasteiger partial charge in [0, 0.05) is 29.7 Å². The molecule has 0 bridgehead atoms. The molecule has 1 unspecified atom stereocenters. The summed E-state index contributed by atoms with van der Waals surface area (Å²) in [4.78, 5) is 13.8. The van der Waals surface area contributed by atoms with Crippen LogP contribution in [0.25, 0.3) is 0 Å². The molecule has 2 N–H and O–H groups in total. The van der Waals surface area contributed by atoms with Gasteiger partial charge < -0.3 is 10.6 Å². The largest absolute Gasteiger partial charge is 0.338 e. The molecule has 0 aromatic heterocycles. The van der Waals surface area contributed by atoms with Crippen LogP contribution in [0.3, 0.4) is 0 Å². The molecular formula is C12H18BrClN2O. The van der Waals surface area contributed by atoms with Crippen molar-refractivity contribution in [3.63, 3.8) is 0 Å². The number of nitrogens with two attached hydrogens (primary N) is 1. The van der Waals surface area contributed by atoms with Crippen molar-refractivity contribution in [1.82, 2.24) is 4.90 Å². The third-order valence-electron chi connectivity index (χ3n) is 2.74. The summed E-state index contributed by atoms with van der Waals surface area (Å²) in [5.74, 6) is 0.0166. The van der Waals surface area contributed by atoms with Crippen LogP contribution in [0, 0.1) is 6.92 Å². The van der Waals surface area contributed by atoms with Crippen molar-refractivity contribution in [3.05, 3.63) is 33.8 Å². The number of nitrogens with zero attached hydrogens (tertiary/aromatic N) is 1. The maximum absolute atomic E-state index is 12.1. The maximum atomic E-state index is 12.1. The van der Waals surface area contributed by atoms with Crippen LogP contribution in [-0.2, 0) is 0 Å². The molecule has 1 atom stereocenters. The molecule has 5 heteroatoms. The van der Waals surface area contributed by atoms with Crippen molar-refractivity contribution < 1.29 is 4.79 Å². The number of hydrogen-bond acceptors (Lipinski definition) is 2. The van der Waals surface area contributed by atoms with Gasteiger partial charge in [-0.1, -0.05) is 15.9 Å². The summed E-state index contributed by atoms with van der Waals surface area (Å²) >= 11 is 3.38. The third kappa shape index (κ3) is 3.98. The van der Waals surface area contributed by atoms with Crippen LogP contribution in [-0.4, -0.2) is 30.4 Å². The van der Waals surface area contributed by atoms with Gasteiger partial charge in [0.05, 0.1) is 0 Å². The van der Waals surface area contributed by atoms with Crippen LogP contribution in [0.4, 0.5) is 0 Å². The van der Waals surface area contributed by atoms with E-state index in [1.807, 2.05) is 32.0 Å². The molecular weight excluding hydrogens is 304 g/mol. The monoisotopic (exact) mass is 320 g/mol. The van der Waals surface area contributed by atoms with E-state index in [4.69, 9.17) is 5.73 Å². The number of amides is 1. The standard InChI is InChI=1S/C12H17BrN2O.ClH/c1-8-6-10(13)4-5-11(8)12(16)15(3)9(2)7-14;/h4-6,9H,7,14H2,1-3H3;1H. The number of aryl methyl sites for hydroxylation is 1. The number of carbonyl (C=O) groups is 1. The van der Waals surface area contributed by atoms with E-state index < -0.39 is 0 Å². The fourth-order valence-electron chi connectivity index (χ4n) is 1.42. The fraction of sp³-hybridized carbons (Fsp3) is 0.417. The Kier molecular flexibility index (Phi) is 6.75. The third-order valence-corrected chi connectivity index (χ3v) is 3.23. The van der Waals surface area contributed by atoms with Crippen LogP contribution in [0.2, 0.25) is 0 Å². The van der Waals surface area contributed by atoms with Gasteiger partial charge in [-0.15, -0.1) is 12.4 Å². The second-order valence-electron chi connectivity index (χ2n) is 3.96. The number of carbonyl (C=O) groups excluding carboxylic acids is 1. The lowest BCUT2D eigenvalue weighted by Crippen LogP contribution is -2.39. The molecule has 3 nitrogen and oxygen atoms in total. The van der Waals surface area contributed by atoms with Gasteiger partial charge in [-0.2, -0.15) is 0 Å². The smallest absolute Gasteiger partial charge is 0.254 e. The fourth-order valence-corrected chi connectivity index (χ4v) is 1.89. The van der Waals surface area contributed by atoms with E-state index in [1.54, 1.807) is 11.9 Å². The number of rotatable bonds is 3. The van der Waals surface area contributed by atoms with Crippen LogP contribution in [0.1, 0.15) is 22.8 Å². The molecule has 1 rings (SSSR count). The molecule has 0 aliphatic carbocycles. The van der Waals surface area contributed by atoms with Gasteiger partial charge in [-0.3, -0.25) is 4.79 Å². The van der Waals surface area contributed by atoms with Crippen LogP contribution in [0.5, 0.6) is 0 Å². The molecule has 0 saturated heterocycles. The van der Waals surface area contributed by atoms with Gasteiger partial charge in [0.25, 0.3) is 5.91 Å². The summed E-state index contributed by atoms with van der Waals surface area (Å²) in [5, 5.41) is 0. The molecule has 0 radical (unpaired) electrons. The molecule has 0 saturated carbocycles. The molecule has 0 aliphatic heterocycles. The molecule has 1 amide bonds. The van der Waals surface area contributed by atoms with E-state index in [0.29, 0.717) is 6.54 Å². The Hall–Kier alpha value is -0.580.